The minimum atomic E-state index is -0.404. The van der Waals surface area contributed by atoms with Gasteiger partial charge >= 0.3 is 5.97 Å². The van der Waals surface area contributed by atoms with Gasteiger partial charge in [0.15, 0.2) is 0 Å². The molecule has 0 aliphatic carbocycles. The fourth-order valence-corrected chi connectivity index (χ4v) is 1.23. The number of aromatic nitrogens is 2. The Labute approximate surface area is 90.0 Å². The smallest absolute Gasteiger partial charge is 0.306 e. The van der Waals surface area contributed by atoms with Crippen LogP contribution in [0.3, 0.4) is 0 Å². The van der Waals surface area contributed by atoms with E-state index in [2.05, 4.69) is 10.2 Å². The van der Waals surface area contributed by atoms with Crippen LogP contribution in [0.5, 0.6) is 0 Å². The molecule has 0 aliphatic rings. The summed E-state index contributed by atoms with van der Waals surface area (Å²) in [5.41, 5.74) is 1.51. The van der Waals surface area contributed by atoms with Gasteiger partial charge in [-0.15, -0.1) is 0 Å². The second-order valence-corrected chi connectivity index (χ2v) is 4.63. The fraction of sp³-hybridized carbons (Fsp3) is 0.636. The highest BCUT2D eigenvalue weighted by molar-refractivity contribution is 5.70. The van der Waals surface area contributed by atoms with Gasteiger partial charge in [0.05, 0.1) is 12.1 Å². The molecule has 15 heavy (non-hydrogen) atoms. The van der Waals surface area contributed by atoms with E-state index in [9.17, 15) is 4.79 Å². The largest absolute Gasteiger partial charge is 0.460 e. The van der Waals surface area contributed by atoms with Crippen molar-refractivity contribution in [2.75, 3.05) is 0 Å². The number of aromatic amines is 1. The number of hydrogen-bond donors (Lipinski definition) is 1. The third-order valence-electron chi connectivity index (χ3n) is 1.76. The van der Waals surface area contributed by atoms with Gasteiger partial charge in [0, 0.05) is 12.1 Å². The Morgan fingerprint density at radius 3 is 2.67 bits per heavy atom. The van der Waals surface area contributed by atoms with Gasteiger partial charge in [-0.25, -0.2) is 0 Å². The van der Waals surface area contributed by atoms with E-state index in [4.69, 9.17) is 4.74 Å². The Hall–Kier alpha value is -1.32. The Balaban J connectivity index is 2.35. The zero-order valence-corrected chi connectivity index (χ0v) is 9.76. The number of H-pyrrole nitrogens is 1. The Kier molecular flexibility index (Phi) is 3.50. The van der Waals surface area contributed by atoms with Crippen LogP contribution < -0.4 is 0 Å². The van der Waals surface area contributed by atoms with Crippen molar-refractivity contribution in [3.05, 3.63) is 17.5 Å². The lowest BCUT2D eigenvalue weighted by molar-refractivity contribution is -0.154. The van der Waals surface area contributed by atoms with Crippen molar-refractivity contribution >= 4 is 5.97 Å². The van der Waals surface area contributed by atoms with E-state index >= 15 is 0 Å². The molecule has 4 heteroatoms. The van der Waals surface area contributed by atoms with Crippen LogP contribution in [0.2, 0.25) is 0 Å². The molecule has 84 valence electrons. The predicted molar refractivity (Wildman–Crippen MR) is 57.5 cm³/mol. The molecule has 0 saturated heterocycles. The summed E-state index contributed by atoms with van der Waals surface area (Å²) in [4.78, 5) is 11.4. The lowest BCUT2D eigenvalue weighted by Gasteiger charge is -2.19. The van der Waals surface area contributed by atoms with Crippen molar-refractivity contribution in [1.29, 1.82) is 0 Å². The summed E-state index contributed by atoms with van der Waals surface area (Å²) in [6.45, 7) is 7.53. The molecular weight excluding hydrogens is 192 g/mol. The number of aryl methyl sites for hydroxylation is 2. The third kappa shape index (κ3) is 4.63. The predicted octanol–water partition coefficient (Wildman–Crippen LogP) is 1.99. The number of esters is 1. The molecule has 1 aromatic rings. The maximum atomic E-state index is 11.4. The van der Waals surface area contributed by atoms with Crippen LogP contribution in [0.25, 0.3) is 0 Å². The molecule has 0 aliphatic heterocycles. The highest BCUT2D eigenvalue weighted by Crippen LogP contribution is 2.10. The molecule has 0 spiro atoms. The molecule has 0 unspecified atom stereocenters. The summed E-state index contributed by atoms with van der Waals surface area (Å²) in [6, 6.07) is 1.93. The molecular formula is C11H18N2O2. The summed E-state index contributed by atoms with van der Waals surface area (Å²) < 4.78 is 5.19. The average molecular weight is 210 g/mol. The first kappa shape index (κ1) is 11.8. The molecule has 4 nitrogen and oxygen atoms in total. The summed E-state index contributed by atoms with van der Waals surface area (Å²) in [7, 11) is 0. The second kappa shape index (κ2) is 4.47. The molecule has 1 aromatic heterocycles. The van der Waals surface area contributed by atoms with Crippen LogP contribution in [0.1, 0.15) is 38.6 Å². The molecule has 0 bridgehead atoms. The van der Waals surface area contributed by atoms with E-state index in [1.165, 1.54) is 0 Å². The summed E-state index contributed by atoms with van der Waals surface area (Å²) >= 11 is 0. The minimum absolute atomic E-state index is 0.178. The average Bonchev–Trinajstić information content (AvgIpc) is 2.45. The molecule has 0 saturated carbocycles. The third-order valence-corrected chi connectivity index (χ3v) is 1.76. The summed E-state index contributed by atoms with van der Waals surface area (Å²) in [5, 5.41) is 6.89. The van der Waals surface area contributed by atoms with E-state index in [0.717, 1.165) is 11.4 Å². The number of carbonyl (C=O) groups excluding carboxylic acids is 1. The molecule has 1 heterocycles. The number of nitrogens with one attached hydrogen (secondary N) is 1. The van der Waals surface area contributed by atoms with Crippen LogP contribution in [-0.4, -0.2) is 21.8 Å². The van der Waals surface area contributed by atoms with Crippen LogP contribution in [0.4, 0.5) is 0 Å². The standard InChI is InChI=1S/C11H18N2O2/c1-8-7-9(13-12-8)5-6-10(14)15-11(2,3)4/h7H,5-6H2,1-4H3,(H,12,13). The van der Waals surface area contributed by atoms with E-state index < -0.39 is 5.60 Å². The monoisotopic (exact) mass is 210 g/mol. The fourth-order valence-electron chi connectivity index (χ4n) is 1.23. The van der Waals surface area contributed by atoms with E-state index in [0.29, 0.717) is 12.8 Å². The van der Waals surface area contributed by atoms with Crippen molar-refractivity contribution in [1.82, 2.24) is 10.2 Å². The lowest BCUT2D eigenvalue weighted by atomic mass is 10.2. The summed E-state index contributed by atoms with van der Waals surface area (Å²) in [5.74, 6) is -0.178. The van der Waals surface area contributed by atoms with Gasteiger partial charge in [-0.3, -0.25) is 9.89 Å². The van der Waals surface area contributed by atoms with E-state index in [1.54, 1.807) is 0 Å². The molecule has 0 radical (unpaired) electrons. The molecule has 0 atom stereocenters. The normalized spacial score (nSPS) is 11.5. The first-order valence-electron chi connectivity index (χ1n) is 5.09. The Morgan fingerprint density at radius 1 is 1.53 bits per heavy atom. The molecule has 1 rings (SSSR count). The molecule has 0 fully saturated rings. The van der Waals surface area contributed by atoms with Crippen LogP contribution in [-0.2, 0) is 16.0 Å². The van der Waals surface area contributed by atoms with Crippen molar-refractivity contribution in [3.63, 3.8) is 0 Å². The zero-order valence-electron chi connectivity index (χ0n) is 9.76. The first-order chi connectivity index (χ1) is 6.87. The number of rotatable bonds is 3. The molecule has 0 amide bonds. The minimum Gasteiger partial charge on any atom is -0.460 e. The number of hydrogen-bond acceptors (Lipinski definition) is 3. The number of nitrogens with zero attached hydrogens (tertiary/aromatic N) is 1. The highest BCUT2D eigenvalue weighted by Gasteiger charge is 2.16. The maximum Gasteiger partial charge on any atom is 0.306 e. The SMILES string of the molecule is Cc1cc(CCC(=O)OC(C)(C)C)n[nH]1. The maximum absolute atomic E-state index is 11.4. The Morgan fingerprint density at radius 2 is 2.20 bits per heavy atom. The van der Waals surface area contributed by atoms with Gasteiger partial charge in [-0.1, -0.05) is 0 Å². The van der Waals surface area contributed by atoms with E-state index in [-0.39, 0.29) is 5.97 Å². The summed E-state index contributed by atoms with van der Waals surface area (Å²) in [6.07, 6.45) is 1.00. The Bertz CT molecular complexity index is 337. The highest BCUT2D eigenvalue weighted by atomic mass is 16.6. The van der Waals surface area contributed by atoms with Gasteiger partial charge in [0.25, 0.3) is 0 Å². The quantitative estimate of drug-likeness (QED) is 0.776. The van der Waals surface area contributed by atoms with Gasteiger partial charge in [0.1, 0.15) is 5.60 Å². The molecule has 0 aromatic carbocycles. The van der Waals surface area contributed by atoms with Crippen molar-refractivity contribution in [2.24, 2.45) is 0 Å². The second-order valence-electron chi connectivity index (χ2n) is 4.63. The van der Waals surface area contributed by atoms with Crippen molar-refractivity contribution in [2.45, 2.75) is 46.1 Å². The van der Waals surface area contributed by atoms with Gasteiger partial charge in [-0.05, 0) is 33.8 Å². The van der Waals surface area contributed by atoms with E-state index in [1.807, 2.05) is 33.8 Å². The van der Waals surface area contributed by atoms with Crippen molar-refractivity contribution in [3.8, 4) is 0 Å². The molecule has 1 N–H and O–H groups in total. The van der Waals surface area contributed by atoms with Gasteiger partial charge in [-0.2, -0.15) is 5.10 Å². The van der Waals surface area contributed by atoms with Crippen LogP contribution in [0.15, 0.2) is 6.07 Å². The van der Waals surface area contributed by atoms with Gasteiger partial charge in [0.2, 0.25) is 0 Å². The number of ether oxygens (including phenoxy) is 1. The number of carbonyl (C=O) groups is 1. The van der Waals surface area contributed by atoms with Crippen LogP contribution >= 0.6 is 0 Å². The first-order valence-corrected chi connectivity index (χ1v) is 5.09. The zero-order chi connectivity index (χ0) is 11.5. The lowest BCUT2D eigenvalue weighted by Crippen LogP contribution is -2.24. The van der Waals surface area contributed by atoms with Crippen LogP contribution in [0, 0.1) is 6.92 Å². The van der Waals surface area contributed by atoms with Gasteiger partial charge < -0.3 is 4.74 Å². The van der Waals surface area contributed by atoms with Crippen molar-refractivity contribution < 1.29 is 9.53 Å². The topological polar surface area (TPSA) is 55.0 Å².